The van der Waals surface area contributed by atoms with Crippen molar-refractivity contribution in [3.63, 3.8) is 0 Å². The molecule has 3 rings (SSSR count). The summed E-state index contributed by atoms with van der Waals surface area (Å²) in [6.07, 6.45) is 0. The van der Waals surface area contributed by atoms with Crippen LogP contribution in [0.4, 0.5) is 5.69 Å². The molecule has 0 unspecified atom stereocenters. The second-order valence-electron chi connectivity index (χ2n) is 8.13. The minimum Gasteiger partial charge on any atom is -0.495 e. The van der Waals surface area contributed by atoms with Gasteiger partial charge in [0.1, 0.15) is 5.75 Å². The van der Waals surface area contributed by atoms with E-state index in [2.05, 4.69) is 58.7 Å². The highest BCUT2D eigenvalue weighted by atomic mass is 16.5. The van der Waals surface area contributed by atoms with Gasteiger partial charge >= 0.3 is 11.8 Å². The van der Waals surface area contributed by atoms with Gasteiger partial charge in [-0.15, -0.1) is 0 Å². The van der Waals surface area contributed by atoms with Gasteiger partial charge < -0.3 is 20.3 Å². The number of methoxy groups -OCH3 is 1. The maximum Gasteiger partial charge on any atom is 0.313 e. The number of amides is 2. The Hall–Kier alpha value is -2.90. The van der Waals surface area contributed by atoms with Gasteiger partial charge in [0.05, 0.1) is 18.8 Å². The van der Waals surface area contributed by atoms with E-state index in [0.717, 1.165) is 37.3 Å². The number of nitrogens with one attached hydrogen (secondary N) is 2. The number of hydrogen-bond donors (Lipinski definition) is 2. The fourth-order valence-corrected chi connectivity index (χ4v) is 3.75. The molecule has 2 N–H and O–H groups in total. The number of aryl methyl sites for hydroxylation is 2. The van der Waals surface area contributed by atoms with Crippen LogP contribution in [-0.2, 0) is 9.59 Å². The van der Waals surface area contributed by atoms with Gasteiger partial charge in [0.15, 0.2) is 0 Å². The summed E-state index contributed by atoms with van der Waals surface area (Å²) < 4.78 is 5.28. The Labute approximate surface area is 184 Å². The molecule has 0 radical (unpaired) electrons. The second kappa shape index (κ2) is 10.4. The number of nitrogens with zero attached hydrogens (tertiary/aromatic N) is 2. The Morgan fingerprint density at radius 3 is 2.26 bits per heavy atom. The zero-order valence-corrected chi connectivity index (χ0v) is 18.8. The highest BCUT2D eigenvalue weighted by Gasteiger charge is 2.25. The third kappa shape index (κ3) is 6.06. The summed E-state index contributed by atoms with van der Waals surface area (Å²) in [4.78, 5) is 29.7. The number of benzene rings is 2. The number of carbonyl (C=O) groups excluding carboxylic acids is 2. The molecule has 1 aliphatic heterocycles. The van der Waals surface area contributed by atoms with Gasteiger partial charge in [-0.2, -0.15) is 0 Å². The van der Waals surface area contributed by atoms with Gasteiger partial charge in [-0.1, -0.05) is 35.9 Å². The third-order valence-corrected chi connectivity index (χ3v) is 5.71. The van der Waals surface area contributed by atoms with Crippen LogP contribution in [-0.4, -0.2) is 68.5 Å². The molecule has 1 aliphatic rings. The molecule has 0 spiro atoms. The first kappa shape index (κ1) is 22.8. The van der Waals surface area contributed by atoms with Crippen molar-refractivity contribution < 1.29 is 14.3 Å². The maximum absolute atomic E-state index is 12.6. The molecule has 2 aromatic carbocycles. The molecule has 166 valence electrons. The van der Waals surface area contributed by atoms with Crippen molar-refractivity contribution in [3.8, 4) is 5.75 Å². The normalized spacial score (nSPS) is 15.9. The zero-order valence-electron chi connectivity index (χ0n) is 18.8. The summed E-state index contributed by atoms with van der Waals surface area (Å²) >= 11 is 0. The number of hydrogen-bond acceptors (Lipinski definition) is 5. The van der Waals surface area contributed by atoms with Crippen LogP contribution in [0.1, 0.15) is 22.7 Å². The molecule has 2 aromatic rings. The van der Waals surface area contributed by atoms with Crippen molar-refractivity contribution >= 4 is 17.5 Å². The lowest BCUT2D eigenvalue weighted by molar-refractivity contribution is -0.136. The van der Waals surface area contributed by atoms with Gasteiger partial charge in [0.25, 0.3) is 0 Å². The number of carbonyl (C=O) groups is 2. The molecule has 1 heterocycles. The molecule has 0 bridgehead atoms. The van der Waals surface area contributed by atoms with Crippen molar-refractivity contribution in [2.24, 2.45) is 0 Å². The number of piperazine rings is 1. The van der Waals surface area contributed by atoms with E-state index in [9.17, 15) is 9.59 Å². The van der Waals surface area contributed by atoms with E-state index in [4.69, 9.17) is 4.74 Å². The lowest BCUT2D eigenvalue weighted by atomic mass is 10.0. The predicted molar refractivity (Wildman–Crippen MR) is 122 cm³/mol. The van der Waals surface area contributed by atoms with E-state index in [1.54, 1.807) is 12.1 Å². The first-order chi connectivity index (χ1) is 14.9. The molecule has 0 aromatic heterocycles. The van der Waals surface area contributed by atoms with Crippen LogP contribution in [0.15, 0.2) is 42.5 Å². The molecular weight excluding hydrogens is 392 g/mol. The molecular formula is C24H32N4O3. The minimum absolute atomic E-state index is 0.0135. The standard InChI is InChI=1S/C24H32N4O3/c1-17-5-8-19(9-6-17)21(28-13-11-27(3)12-14-28)16-25-23(29)24(30)26-20-15-18(2)7-10-22(20)31-4/h5-10,15,21H,11-14,16H2,1-4H3,(H,25,29)(H,26,30)/t21-/m0/s1. The highest BCUT2D eigenvalue weighted by Crippen LogP contribution is 2.25. The van der Waals surface area contributed by atoms with Crippen LogP contribution in [0.2, 0.25) is 0 Å². The summed E-state index contributed by atoms with van der Waals surface area (Å²) in [5.74, 6) is -0.846. The minimum atomic E-state index is -0.704. The summed E-state index contributed by atoms with van der Waals surface area (Å²) in [6.45, 7) is 8.12. The molecule has 2 amide bonds. The van der Waals surface area contributed by atoms with Crippen molar-refractivity contribution in [1.29, 1.82) is 0 Å². The number of likely N-dealkylation sites (N-methyl/N-ethyl adjacent to an activating group) is 1. The van der Waals surface area contributed by atoms with E-state index in [0.29, 0.717) is 18.0 Å². The first-order valence-electron chi connectivity index (χ1n) is 10.6. The number of rotatable bonds is 6. The Kier molecular flexibility index (Phi) is 7.65. The monoisotopic (exact) mass is 424 g/mol. The highest BCUT2D eigenvalue weighted by molar-refractivity contribution is 6.39. The van der Waals surface area contributed by atoms with Crippen molar-refractivity contribution in [1.82, 2.24) is 15.1 Å². The van der Waals surface area contributed by atoms with Crippen molar-refractivity contribution in [2.45, 2.75) is 19.9 Å². The SMILES string of the molecule is COc1ccc(C)cc1NC(=O)C(=O)NC[C@@H](c1ccc(C)cc1)N1CCN(C)CC1. The van der Waals surface area contributed by atoms with E-state index in [1.165, 1.54) is 12.7 Å². The van der Waals surface area contributed by atoms with Crippen LogP contribution in [0.25, 0.3) is 0 Å². The molecule has 1 fully saturated rings. The summed E-state index contributed by atoms with van der Waals surface area (Å²) in [5.41, 5.74) is 3.77. The van der Waals surface area contributed by atoms with Gasteiger partial charge in [-0.25, -0.2) is 0 Å². The summed E-state index contributed by atoms with van der Waals surface area (Å²) in [5, 5.41) is 5.49. The van der Waals surface area contributed by atoms with Crippen molar-refractivity contribution in [2.75, 3.05) is 52.2 Å². The van der Waals surface area contributed by atoms with E-state index >= 15 is 0 Å². The average Bonchev–Trinajstić information content (AvgIpc) is 2.76. The van der Waals surface area contributed by atoms with E-state index in [-0.39, 0.29) is 6.04 Å². The second-order valence-corrected chi connectivity index (χ2v) is 8.13. The number of ether oxygens (including phenoxy) is 1. The van der Waals surface area contributed by atoms with Crippen LogP contribution >= 0.6 is 0 Å². The topological polar surface area (TPSA) is 73.9 Å². The van der Waals surface area contributed by atoms with Crippen molar-refractivity contribution in [3.05, 3.63) is 59.2 Å². The lowest BCUT2D eigenvalue weighted by Crippen LogP contribution is -2.49. The first-order valence-corrected chi connectivity index (χ1v) is 10.6. The van der Waals surface area contributed by atoms with Gasteiger partial charge in [0, 0.05) is 32.7 Å². The summed E-state index contributed by atoms with van der Waals surface area (Å²) in [7, 11) is 3.65. The smallest absolute Gasteiger partial charge is 0.313 e. The Morgan fingerprint density at radius 1 is 0.968 bits per heavy atom. The molecule has 1 saturated heterocycles. The molecule has 0 saturated carbocycles. The molecule has 0 aliphatic carbocycles. The fourth-order valence-electron chi connectivity index (χ4n) is 3.75. The quantitative estimate of drug-likeness (QED) is 0.697. The maximum atomic E-state index is 12.6. The van der Waals surface area contributed by atoms with Crippen LogP contribution < -0.4 is 15.4 Å². The molecule has 7 nitrogen and oxygen atoms in total. The van der Waals surface area contributed by atoms with Gasteiger partial charge in [-0.3, -0.25) is 14.5 Å². The Morgan fingerprint density at radius 2 is 1.61 bits per heavy atom. The Balaban J connectivity index is 1.67. The zero-order chi connectivity index (χ0) is 22.4. The van der Waals surface area contributed by atoms with E-state index in [1.807, 2.05) is 13.0 Å². The molecule has 7 heteroatoms. The average molecular weight is 425 g/mol. The fraction of sp³-hybridized carbons (Fsp3) is 0.417. The van der Waals surface area contributed by atoms with Gasteiger partial charge in [-0.05, 0) is 44.2 Å². The van der Waals surface area contributed by atoms with E-state index < -0.39 is 11.8 Å². The third-order valence-electron chi connectivity index (χ3n) is 5.71. The molecule has 31 heavy (non-hydrogen) atoms. The van der Waals surface area contributed by atoms with Gasteiger partial charge in [0.2, 0.25) is 0 Å². The largest absolute Gasteiger partial charge is 0.495 e. The predicted octanol–water partition coefficient (Wildman–Crippen LogP) is 2.36. The molecule has 1 atom stereocenters. The lowest BCUT2D eigenvalue weighted by Gasteiger charge is -2.38. The van der Waals surface area contributed by atoms with Crippen LogP contribution in [0.3, 0.4) is 0 Å². The Bertz CT molecular complexity index is 906. The summed E-state index contributed by atoms with van der Waals surface area (Å²) in [6, 6.07) is 13.8. The van der Waals surface area contributed by atoms with Crippen LogP contribution in [0.5, 0.6) is 5.75 Å². The number of anilines is 1. The van der Waals surface area contributed by atoms with Crippen LogP contribution in [0, 0.1) is 13.8 Å².